The van der Waals surface area contributed by atoms with E-state index in [4.69, 9.17) is 4.74 Å². The number of ether oxygens (including phenoxy) is 1. The lowest BCUT2D eigenvalue weighted by Crippen LogP contribution is -2.20. The molecular formula is C19H19N3O2S. The van der Waals surface area contributed by atoms with Crippen LogP contribution in [0.15, 0.2) is 53.9 Å². The van der Waals surface area contributed by atoms with Crippen LogP contribution in [0.4, 0.5) is 5.69 Å². The zero-order valence-electron chi connectivity index (χ0n) is 14.1. The zero-order valence-corrected chi connectivity index (χ0v) is 14.9. The molecule has 3 aromatic rings. The summed E-state index contributed by atoms with van der Waals surface area (Å²) in [7, 11) is 0. The molecule has 128 valence electrons. The number of aromatic nitrogens is 2. The van der Waals surface area contributed by atoms with Crippen molar-refractivity contribution in [2.45, 2.75) is 19.8 Å². The number of nitrogens with zero attached hydrogens (tertiary/aromatic N) is 2. The molecule has 25 heavy (non-hydrogen) atoms. The molecule has 1 aromatic heterocycles. The monoisotopic (exact) mass is 353 g/mol. The van der Waals surface area contributed by atoms with Crippen molar-refractivity contribution in [2.75, 3.05) is 11.9 Å². The summed E-state index contributed by atoms with van der Waals surface area (Å²) in [6.07, 6.45) is 0. The Kier molecular flexibility index (Phi) is 5.40. The average Bonchev–Trinajstić information content (AvgIpc) is 3.15. The summed E-state index contributed by atoms with van der Waals surface area (Å²) in [6, 6.07) is 15.3. The molecule has 3 rings (SSSR count). The van der Waals surface area contributed by atoms with E-state index >= 15 is 0 Å². The third-order valence-electron chi connectivity index (χ3n) is 3.74. The van der Waals surface area contributed by atoms with E-state index in [1.165, 1.54) is 17.1 Å². The summed E-state index contributed by atoms with van der Waals surface area (Å²) < 4.78 is 9.37. The minimum atomic E-state index is -0.198. The Labute approximate surface area is 150 Å². The highest BCUT2D eigenvalue weighted by molar-refractivity contribution is 7.03. The molecule has 0 saturated heterocycles. The second-order valence-electron chi connectivity index (χ2n) is 5.93. The Morgan fingerprint density at radius 1 is 1.12 bits per heavy atom. The van der Waals surface area contributed by atoms with Crippen molar-refractivity contribution < 1.29 is 9.53 Å². The summed E-state index contributed by atoms with van der Waals surface area (Å²) >= 11 is 1.31. The molecule has 0 radical (unpaired) electrons. The van der Waals surface area contributed by atoms with Crippen LogP contribution in [0.1, 0.15) is 25.3 Å². The van der Waals surface area contributed by atoms with Crippen LogP contribution in [0.5, 0.6) is 5.75 Å². The Morgan fingerprint density at radius 2 is 1.84 bits per heavy atom. The van der Waals surface area contributed by atoms with Crippen LogP contribution in [0, 0.1) is 0 Å². The van der Waals surface area contributed by atoms with Crippen molar-refractivity contribution >= 4 is 23.1 Å². The van der Waals surface area contributed by atoms with E-state index in [0.29, 0.717) is 11.7 Å². The van der Waals surface area contributed by atoms with Gasteiger partial charge < -0.3 is 10.1 Å². The minimum Gasteiger partial charge on any atom is -0.484 e. The van der Waals surface area contributed by atoms with Gasteiger partial charge in [0.25, 0.3) is 5.91 Å². The van der Waals surface area contributed by atoms with Crippen LogP contribution >= 0.6 is 11.5 Å². The van der Waals surface area contributed by atoms with Gasteiger partial charge in [-0.05, 0) is 47.3 Å². The van der Waals surface area contributed by atoms with Crippen LogP contribution in [-0.4, -0.2) is 22.1 Å². The Morgan fingerprint density at radius 3 is 2.44 bits per heavy atom. The Hall–Kier alpha value is -2.73. The quantitative estimate of drug-likeness (QED) is 0.716. The number of benzene rings is 2. The van der Waals surface area contributed by atoms with E-state index in [1.54, 1.807) is 0 Å². The van der Waals surface area contributed by atoms with Crippen molar-refractivity contribution in [1.29, 1.82) is 0 Å². The number of hydrogen-bond donors (Lipinski definition) is 1. The highest BCUT2D eigenvalue weighted by atomic mass is 32.1. The molecule has 0 aliphatic heterocycles. The predicted molar refractivity (Wildman–Crippen MR) is 100 cm³/mol. The first-order valence-electron chi connectivity index (χ1n) is 8.02. The summed E-state index contributed by atoms with van der Waals surface area (Å²) in [5, 5.41) is 8.72. The van der Waals surface area contributed by atoms with E-state index in [9.17, 15) is 4.79 Å². The lowest BCUT2D eigenvalue weighted by Gasteiger charge is -2.09. The van der Waals surface area contributed by atoms with Crippen LogP contribution in [0.3, 0.4) is 0 Å². The molecule has 0 aliphatic carbocycles. The maximum absolute atomic E-state index is 12.0. The molecule has 1 N–H and O–H groups in total. The molecule has 0 aliphatic rings. The van der Waals surface area contributed by atoms with Gasteiger partial charge in [0.15, 0.2) is 6.61 Å². The van der Waals surface area contributed by atoms with Crippen molar-refractivity contribution in [2.24, 2.45) is 0 Å². The molecule has 0 fully saturated rings. The van der Waals surface area contributed by atoms with E-state index in [-0.39, 0.29) is 12.5 Å². The molecule has 6 heteroatoms. The largest absolute Gasteiger partial charge is 0.484 e. The smallest absolute Gasteiger partial charge is 0.262 e. The predicted octanol–water partition coefficient (Wildman–Crippen LogP) is 4.35. The van der Waals surface area contributed by atoms with E-state index in [2.05, 4.69) is 28.8 Å². The fourth-order valence-electron chi connectivity index (χ4n) is 2.31. The third kappa shape index (κ3) is 4.64. The standard InChI is InChI=1S/C19H19N3O2S/c1-13(2)14-5-9-17(10-6-14)24-11-19(23)20-16-7-3-15(4-8-16)18-12-25-22-21-18/h3-10,12-13H,11H2,1-2H3,(H,20,23). The zero-order chi connectivity index (χ0) is 17.6. The van der Waals surface area contributed by atoms with Gasteiger partial charge in [0.2, 0.25) is 0 Å². The van der Waals surface area contributed by atoms with Gasteiger partial charge in [0, 0.05) is 16.6 Å². The Bertz CT molecular complexity index is 813. The summed E-state index contributed by atoms with van der Waals surface area (Å²) in [4.78, 5) is 12.0. The highest BCUT2D eigenvalue weighted by Crippen LogP contribution is 2.20. The molecule has 0 bridgehead atoms. The first kappa shape index (κ1) is 17.1. The maximum Gasteiger partial charge on any atom is 0.262 e. The maximum atomic E-state index is 12.0. The van der Waals surface area contributed by atoms with Crippen LogP contribution in [-0.2, 0) is 4.79 Å². The van der Waals surface area contributed by atoms with E-state index in [1.807, 2.05) is 53.9 Å². The van der Waals surface area contributed by atoms with Gasteiger partial charge in [-0.25, -0.2) is 0 Å². The fraction of sp³-hybridized carbons (Fsp3) is 0.211. The first-order valence-corrected chi connectivity index (χ1v) is 8.85. The molecule has 0 spiro atoms. The number of amides is 1. The van der Waals surface area contributed by atoms with E-state index in [0.717, 1.165) is 16.9 Å². The topological polar surface area (TPSA) is 64.1 Å². The second kappa shape index (κ2) is 7.90. The molecule has 0 unspecified atom stereocenters. The number of nitrogens with one attached hydrogen (secondary N) is 1. The Balaban J connectivity index is 1.52. The van der Waals surface area contributed by atoms with Crippen molar-refractivity contribution in [3.8, 4) is 17.0 Å². The van der Waals surface area contributed by atoms with Gasteiger partial charge in [-0.15, -0.1) is 5.10 Å². The molecule has 1 heterocycles. The molecule has 0 atom stereocenters. The normalized spacial score (nSPS) is 10.7. The van der Waals surface area contributed by atoms with Gasteiger partial charge in [-0.2, -0.15) is 0 Å². The lowest BCUT2D eigenvalue weighted by atomic mass is 10.0. The number of carbonyl (C=O) groups is 1. The first-order chi connectivity index (χ1) is 12.1. The second-order valence-corrected chi connectivity index (χ2v) is 6.54. The van der Waals surface area contributed by atoms with Crippen molar-refractivity contribution in [3.05, 3.63) is 59.5 Å². The van der Waals surface area contributed by atoms with Gasteiger partial charge in [-0.3, -0.25) is 4.79 Å². The molecular weight excluding hydrogens is 334 g/mol. The van der Waals surface area contributed by atoms with Crippen molar-refractivity contribution in [1.82, 2.24) is 9.59 Å². The van der Waals surface area contributed by atoms with Crippen LogP contribution < -0.4 is 10.1 Å². The number of anilines is 1. The summed E-state index contributed by atoms with van der Waals surface area (Å²) in [5.41, 5.74) is 3.76. The summed E-state index contributed by atoms with van der Waals surface area (Å²) in [5.74, 6) is 0.960. The SMILES string of the molecule is CC(C)c1ccc(OCC(=O)Nc2ccc(-c3csnn3)cc2)cc1. The van der Waals surface area contributed by atoms with Crippen molar-refractivity contribution in [3.63, 3.8) is 0 Å². The lowest BCUT2D eigenvalue weighted by molar-refractivity contribution is -0.118. The number of hydrogen-bond acceptors (Lipinski definition) is 5. The molecule has 5 nitrogen and oxygen atoms in total. The number of rotatable bonds is 6. The van der Waals surface area contributed by atoms with Gasteiger partial charge in [0.05, 0.1) is 0 Å². The van der Waals surface area contributed by atoms with Crippen LogP contribution in [0.2, 0.25) is 0 Å². The molecule has 0 saturated carbocycles. The van der Waals surface area contributed by atoms with Crippen LogP contribution in [0.25, 0.3) is 11.3 Å². The number of carbonyl (C=O) groups excluding carboxylic acids is 1. The van der Waals surface area contributed by atoms with Gasteiger partial charge >= 0.3 is 0 Å². The van der Waals surface area contributed by atoms with Gasteiger partial charge in [-0.1, -0.05) is 42.6 Å². The highest BCUT2D eigenvalue weighted by Gasteiger charge is 2.06. The fourth-order valence-corrected chi connectivity index (χ4v) is 2.77. The average molecular weight is 353 g/mol. The summed E-state index contributed by atoms with van der Waals surface area (Å²) in [6.45, 7) is 4.25. The molecule has 1 amide bonds. The minimum absolute atomic E-state index is 0.0290. The third-order valence-corrected chi connectivity index (χ3v) is 4.25. The molecule has 2 aromatic carbocycles. The van der Waals surface area contributed by atoms with E-state index < -0.39 is 0 Å². The van der Waals surface area contributed by atoms with Gasteiger partial charge in [0.1, 0.15) is 11.4 Å².